The van der Waals surface area contributed by atoms with Crippen LogP contribution in [0.4, 0.5) is 0 Å². The maximum Gasteiger partial charge on any atom is 0.0939 e. The molecule has 2 heteroatoms. The van der Waals surface area contributed by atoms with Gasteiger partial charge in [0, 0.05) is 0 Å². The lowest BCUT2D eigenvalue weighted by molar-refractivity contribution is 0.327. The van der Waals surface area contributed by atoms with Gasteiger partial charge in [0.25, 0.3) is 0 Å². The molecule has 0 aliphatic carbocycles. The van der Waals surface area contributed by atoms with Crippen LogP contribution in [0.15, 0.2) is 22.4 Å². The molecule has 1 heterocycles. The van der Waals surface area contributed by atoms with Crippen molar-refractivity contribution in [2.24, 2.45) is 28.0 Å². The van der Waals surface area contributed by atoms with E-state index in [0.29, 0.717) is 17.8 Å². The Kier molecular flexibility index (Phi) is 3.46. The van der Waals surface area contributed by atoms with E-state index in [1.807, 2.05) is 0 Å². The van der Waals surface area contributed by atoms with Crippen molar-refractivity contribution in [3.63, 3.8) is 0 Å². The summed E-state index contributed by atoms with van der Waals surface area (Å²) in [5.74, 6) is 1.92. The second-order valence-corrected chi connectivity index (χ2v) is 5.24. The van der Waals surface area contributed by atoms with Crippen LogP contribution in [0.25, 0.3) is 0 Å². The first-order valence-corrected chi connectivity index (χ1v) is 5.50. The Morgan fingerprint density at radius 1 is 1.36 bits per heavy atom. The van der Waals surface area contributed by atoms with Gasteiger partial charge in [-0.2, -0.15) is 10.2 Å². The van der Waals surface area contributed by atoms with Crippen molar-refractivity contribution < 1.29 is 0 Å². The molecular formula is C12H22N2. The van der Waals surface area contributed by atoms with Crippen LogP contribution >= 0.6 is 0 Å². The molecule has 14 heavy (non-hydrogen) atoms. The zero-order chi connectivity index (χ0) is 10.8. The molecule has 0 aromatic heterocycles. The number of allylic oxidation sites excluding steroid dienone is 1. The summed E-state index contributed by atoms with van der Waals surface area (Å²) in [6.07, 6.45) is 4.52. The van der Waals surface area contributed by atoms with Gasteiger partial charge in [-0.1, -0.05) is 32.9 Å². The minimum Gasteiger partial charge on any atom is -0.193 e. The van der Waals surface area contributed by atoms with E-state index >= 15 is 0 Å². The third-order valence-electron chi connectivity index (χ3n) is 2.85. The summed E-state index contributed by atoms with van der Waals surface area (Å²) >= 11 is 0. The predicted octanol–water partition coefficient (Wildman–Crippen LogP) is 3.70. The highest BCUT2D eigenvalue weighted by Gasteiger charge is 2.22. The molecule has 80 valence electrons. The fourth-order valence-corrected chi connectivity index (χ4v) is 1.92. The summed E-state index contributed by atoms with van der Waals surface area (Å²) in [5.41, 5.74) is -0.118. The van der Waals surface area contributed by atoms with Gasteiger partial charge in [-0.3, -0.25) is 0 Å². The Morgan fingerprint density at radius 2 is 2.00 bits per heavy atom. The van der Waals surface area contributed by atoms with Crippen molar-refractivity contribution in [2.45, 2.75) is 40.2 Å². The van der Waals surface area contributed by atoms with Crippen molar-refractivity contribution in [2.75, 3.05) is 6.54 Å². The minimum atomic E-state index is -0.118. The SMILES string of the molecule is CC(C)C1/C=C\C(C)(C)N=NCC1C. The molecule has 0 amide bonds. The van der Waals surface area contributed by atoms with E-state index in [2.05, 4.69) is 57.0 Å². The second kappa shape index (κ2) is 4.24. The Bertz CT molecular complexity index is 239. The van der Waals surface area contributed by atoms with E-state index in [0.717, 1.165) is 6.54 Å². The Balaban J connectivity index is 2.84. The van der Waals surface area contributed by atoms with Crippen LogP contribution in [0.5, 0.6) is 0 Å². The summed E-state index contributed by atoms with van der Waals surface area (Å²) in [4.78, 5) is 0. The fraction of sp³-hybridized carbons (Fsp3) is 0.833. The summed E-state index contributed by atoms with van der Waals surface area (Å²) < 4.78 is 0. The third-order valence-corrected chi connectivity index (χ3v) is 2.85. The van der Waals surface area contributed by atoms with Gasteiger partial charge in [-0.05, 0) is 31.6 Å². The largest absolute Gasteiger partial charge is 0.193 e. The highest BCUT2D eigenvalue weighted by molar-refractivity contribution is 5.05. The number of azo groups is 1. The van der Waals surface area contributed by atoms with Gasteiger partial charge >= 0.3 is 0 Å². The Hall–Kier alpha value is -0.660. The maximum absolute atomic E-state index is 4.30. The van der Waals surface area contributed by atoms with Crippen LogP contribution in [-0.2, 0) is 0 Å². The van der Waals surface area contributed by atoms with Crippen LogP contribution < -0.4 is 0 Å². The Morgan fingerprint density at radius 3 is 2.57 bits per heavy atom. The fourth-order valence-electron chi connectivity index (χ4n) is 1.92. The molecule has 0 saturated carbocycles. The van der Waals surface area contributed by atoms with E-state index in [-0.39, 0.29) is 5.54 Å². The first kappa shape index (κ1) is 11.4. The smallest absolute Gasteiger partial charge is 0.0939 e. The van der Waals surface area contributed by atoms with Gasteiger partial charge in [-0.15, -0.1) is 0 Å². The molecular weight excluding hydrogens is 172 g/mol. The highest BCUT2D eigenvalue weighted by Crippen LogP contribution is 2.27. The molecule has 0 radical (unpaired) electrons. The first-order chi connectivity index (χ1) is 6.42. The zero-order valence-electron chi connectivity index (χ0n) is 9.99. The summed E-state index contributed by atoms with van der Waals surface area (Å²) in [5, 5.41) is 8.57. The molecule has 0 spiro atoms. The van der Waals surface area contributed by atoms with E-state index in [4.69, 9.17) is 0 Å². The van der Waals surface area contributed by atoms with Crippen molar-refractivity contribution in [3.05, 3.63) is 12.2 Å². The van der Waals surface area contributed by atoms with Crippen molar-refractivity contribution >= 4 is 0 Å². The van der Waals surface area contributed by atoms with Crippen LogP contribution in [0.2, 0.25) is 0 Å². The van der Waals surface area contributed by atoms with Gasteiger partial charge in [0.05, 0.1) is 12.1 Å². The van der Waals surface area contributed by atoms with Gasteiger partial charge in [0.1, 0.15) is 0 Å². The van der Waals surface area contributed by atoms with Gasteiger partial charge in [0.2, 0.25) is 0 Å². The number of rotatable bonds is 1. The standard InChI is InChI=1S/C12H22N2/c1-9(2)11-6-7-12(4,5)14-13-8-10(11)3/h6-7,9-11H,8H2,1-5H3/b7-6-,14-13?. The number of hydrogen-bond donors (Lipinski definition) is 0. The molecule has 0 bridgehead atoms. The van der Waals surface area contributed by atoms with Crippen molar-refractivity contribution in [1.82, 2.24) is 0 Å². The first-order valence-electron chi connectivity index (χ1n) is 5.50. The zero-order valence-corrected chi connectivity index (χ0v) is 9.99. The van der Waals surface area contributed by atoms with Crippen LogP contribution in [0, 0.1) is 17.8 Å². The lowest BCUT2D eigenvalue weighted by atomic mass is 9.83. The topological polar surface area (TPSA) is 24.7 Å². The summed E-state index contributed by atoms with van der Waals surface area (Å²) in [6, 6.07) is 0. The van der Waals surface area contributed by atoms with Crippen LogP contribution in [0.1, 0.15) is 34.6 Å². The van der Waals surface area contributed by atoms with Gasteiger partial charge in [0.15, 0.2) is 0 Å². The van der Waals surface area contributed by atoms with Gasteiger partial charge in [-0.25, -0.2) is 0 Å². The number of nitrogens with zero attached hydrogens (tertiary/aromatic N) is 2. The molecule has 0 saturated heterocycles. The molecule has 2 unspecified atom stereocenters. The lowest BCUT2D eigenvalue weighted by Gasteiger charge is -2.26. The molecule has 1 aliphatic heterocycles. The van der Waals surface area contributed by atoms with Crippen LogP contribution in [-0.4, -0.2) is 12.1 Å². The molecule has 0 aromatic carbocycles. The summed E-state index contributed by atoms with van der Waals surface area (Å²) in [7, 11) is 0. The van der Waals surface area contributed by atoms with Gasteiger partial charge < -0.3 is 0 Å². The molecule has 1 rings (SSSR count). The molecule has 1 aliphatic rings. The minimum absolute atomic E-state index is 0.118. The van der Waals surface area contributed by atoms with E-state index in [1.54, 1.807) is 0 Å². The Labute approximate surface area is 87.5 Å². The quantitative estimate of drug-likeness (QED) is 0.569. The molecule has 0 N–H and O–H groups in total. The van der Waals surface area contributed by atoms with E-state index in [9.17, 15) is 0 Å². The highest BCUT2D eigenvalue weighted by atomic mass is 15.1. The predicted molar refractivity (Wildman–Crippen MR) is 60.4 cm³/mol. The van der Waals surface area contributed by atoms with E-state index in [1.165, 1.54) is 0 Å². The molecule has 2 atom stereocenters. The third kappa shape index (κ3) is 2.93. The molecule has 2 nitrogen and oxygen atoms in total. The van der Waals surface area contributed by atoms with Crippen molar-refractivity contribution in [1.29, 1.82) is 0 Å². The summed E-state index contributed by atoms with van der Waals surface area (Å²) in [6.45, 7) is 11.9. The normalized spacial score (nSPS) is 33.9. The average molecular weight is 194 g/mol. The maximum atomic E-state index is 4.30. The van der Waals surface area contributed by atoms with Crippen LogP contribution in [0.3, 0.4) is 0 Å². The lowest BCUT2D eigenvalue weighted by Crippen LogP contribution is -2.22. The number of hydrogen-bond acceptors (Lipinski definition) is 2. The molecule has 0 aromatic rings. The second-order valence-electron chi connectivity index (χ2n) is 5.24. The van der Waals surface area contributed by atoms with Crippen molar-refractivity contribution in [3.8, 4) is 0 Å². The monoisotopic (exact) mass is 194 g/mol. The average Bonchev–Trinajstić information content (AvgIpc) is 2.00. The molecule has 0 fully saturated rings. The van der Waals surface area contributed by atoms with E-state index < -0.39 is 0 Å².